The van der Waals surface area contributed by atoms with Crippen LogP contribution in [-0.4, -0.2) is 30.1 Å². The maximum Gasteiger partial charge on any atom is 0.123 e. The molecule has 126 valence electrons. The zero-order valence-electron chi connectivity index (χ0n) is 14.0. The standard InChI is InChI=1S/C19H21FN2OS/c1-14-7-10-24-19(14)13-22(8-9-23-2)12-17-5-3-15-11-16(20)4-6-18(15)21-17/h3-7,10-11H,8-9,12-13H2,1-2H3. The lowest BCUT2D eigenvalue weighted by molar-refractivity contribution is 0.140. The van der Waals surface area contributed by atoms with E-state index in [9.17, 15) is 4.39 Å². The van der Waals surface area contributed by atoms with Gasteiger partial charge in [0.05, 0.1) is 17.8 Å². The van der Waals surface area contributed by atoms with Gasteiger partial charge in [0.15, 0.2) is 0 Å². The summed E-state index contributed by atoms with van der Waals surface area (Å²) in [6.45, 7) is 5.30. The molecule has 2 aromatic heterocycles. The summed E-state index contributed by atoms with van der Waals surface area (Å²) in [5.74, 6) is -0.230. The Labute approximate surface area is 145 Å². The van der Waals surface area contributed by atoms with E-state index in [1.807, 2.05) is 12.1 Å². The Bertz CT molecular complexity index is 818. The van der Waals surface area contributed by atoms with E-state index < -0.39 is 0 Å². The third kappa shape index (κ3) is 4.17. The summed E-state index contributed by atoms with van der Waals surface area (Å²) < 4.78 is 18.5. The molecule has 0 radical (unpaired) electrons. The van der Waals surface area contributed by atoms with Gasteiger partial charge in [0.2, 0.25) is 0 Å². The zero-order valence-corrected chi connectivity index (χ0v) is 14.8. The van der Waals surface area contributed by atoms with E-state index in [4.69, 9.17) is 4.74 Å². The van der Waals surface area contributed by atoms with Crippen LogP contribution < -0.4 is 0 Å². The van der Waals surface area contributed by atoms with E-state index in [1.54, 1.807) is 24.5 Å². The van der Waals surface area contributed by atoms with Gasteiger partial charge in [-0.25, -0.2) is 4.39 Å². The number of aromatic nitrogens is 1. The first-order chi connectivity index (χ1) is 11.7. The monoisotopic (exact) mass is 344 g/mol. The second-order valence-electron chi connectivity index (χ2n) is 5.87. The number of methoxy groups -OCH3 is 1. The Kier molecular flexibility index (Phi) is 5.56. The number of benzene rings is 1. The molecule has 24 heavy (non-hydrogen) atoms. The van der Waals surface area contributed by atoms with Crippen molar-refractivity contribution in [3.8, 4) is 0 Å². The van der Waals surface area contributed by atoms with Gasteiger partial charge in [0.25, 0.3) is 0 Å². The highest BCUT2D eigenvalue weighted by Gasteiger charge is 2.11. The third-order valence-corrected chi connectivity index (χ3v) is 5.05. The Morgan fingerprint density at radius 1 is 1.17 bits per heavy atom. The lowest BCUT2D eigenvalue weighted by Gasteiger charge is -2.21. The van der Waals surface area contributed by atoms with Crippen molar-refractivity contribution in [3.63, 3.8) is 0 Å². The van der Waals surface area contributed by atoms with Crippen LogP contribution in [0.15, 0.2) is 41.8 Å². The minimum Gasteiger partial charge on any atom is -0.383 e. The summed E-state index contributed by atoms with van der Waals surface area (Å²) in [4.78, 5) is 8.37. The summed E-state index contributed by atoms with van der Waals surface area (Å²) in [6, 6.07) is 10.8. The van der Waals surface area contributed by atoms with Gasteiger partial charge in [-0.1, -0.05) is 6.07 Å². The number of ether oxygens (including phenoxy) is 1. The molecule has 0 fully saturated rings. The highest BCUT2D eigenvalue weighted by Crippen LogP contribution is 2.20. The molecule has 0 N–H and O–H groups in total. The molecule has 1 aromatic carbocycles. The molecule has 0 spiro atoms. The SMILES string of the molecule is COCCN(Cc1ccc2cc(F)ccc2n1)Cc1sccc1C. The van der Waals surface area contributed by atoms with Gasteiger partial charge in [0, 0.05) is 37.0 Å². The van der Waals surface area contributed by atoms with E-state index in [0.29, 0.717) is 6.61 Å². The molecule has 0 unspecified atom stereocenters. The topological polar surface area (TPSA) is 25.4 Å². The number of pyridine rings is 1. The van der Waals surface area contributed by atoms with E-state index in [0.717, 1.165) is 36.2 Å². The van der Waals surface area contributed by atoms with Crippen LogP contribution >= 0.6 is 11.3 Å². The minimum absolute atomic E-state index is 0.230. The van der Waals surface area contributed by atoms with Crippen molar-refractivity contribution in [1.82, 2.24) is 9.88 Å². The van der Waals surface area contributed by atoms with E-state index >= 15 is 0 Å². The number of rotatable bonds is 7. The number of aryl methyl sites for hydroxylation is 1. The molecule has 5 heteroatoms. The van der Waals surface area contributed by atoms with Gasteiger partial charge in [-0.3, -0.25) is 9.88 Å². The van der Waals surface area contributed by atoms with Crippen molar-refractivity contribution in [2.24, 2.45) is 0 Å². The van der Waals surface area contributed by atoms with Crippen molar-refractivity contribution >= 4 is 22.2 Å². The van der Waals surface area contributed by atoms with Gasteiger partial charge >= 0.3 is 0 Å². The molecule has 0 atom stereocenters. The predicted octanol–water partition coefficient (Wildman–Crippen LogP) is 4.39. The summed E-state index contributed by atoms with van der Waals surface area (Å²) in [5, 5.41) is 2.96. The van der Waals surface area contributed by atoms with Crippen LogP contribution in [0.25, 0.3) is 10.9 Å². The normalized spacial score (nSPS) is 11.5. The van der Waals surface area contributed by atoms with Crippen LogP contribution in [0, 0.1) is 12.7 Å². The van der Waals surface area contributed by atoms with Crippen LogP contribution in [-0.2, 0) is 17.8 Å². The maximum absolute atomic E-state index is 13.3. The number of hydrogen-bond acceptors (Lipinski definition) is 4. The first kappa shape index (κ1) is 17.0. The van der Waals surface area contributed by atoms with Crippen LogP contribution in [0.1, 0.15) is 16.1 Å². The Morgan fingerprint density at radius 3 is 2.79 bits per heavy atom. The highest BCUT2D eigenvalue weighted by atomic mass is 32.1. The molecule has 0 aliphatic carbocycles. The fraction of sp³-hybridized carbons (Fsp3) is 0.316. The van der Waals surface area contributed by atoms with Crippen LogP contribution in [0.3, 0.4) is 0 Å². The lowest BCUT2D eigenvalue weighted by Crippen LogP contribution is -2.27. The number of thiophene rings is 1. The largest absolute Gasteiger partial charge is 0.383 e. The first-order valence-corrected chi connectivity index (χ1v) is 8.83. The summed E-state index contributed by atoms with van der Waals surface area (Å²) >= 11 is 1.78. The molecule has 0 amide bonds. The van der Waals surface area contributed by atoms with Gasteiger partial charge in [-0.2, -0.15) is 0 Å². The molecule has 0 aliphatic rings. The van der Waals surface area contributed by atoms with Crippen molar-refractivity contribution in [2.45, 2.75) is 20.0 Å². The molecular formula is C19H21FN2OS. The predicted molar refractivity (Wildman–Crippen MR) is 96.7 cm³/mol. The number of halogens is 1. The van der Waals surface area contributed by atoms with Crippen LogP contribution in [0.2, 0.25) is 0 Å². The van der Waals surface area contributed by atoms with Crippen LogP contribution in [0.4, 0.5) is 4.39 Å². The quantitative estimate of drug-likeness (QED) is 0.635. The minimum atomic E-state index is -0.230. The van der Waals surface area contributed by atoms with Crippen molar-refractivity contribution < 1.29 is 9.13 Å². The molecule has 3 rings (SSSR count). The van der Waals surface area contributed by atoms with Crippen molar-refractivity contribution in [2.75, 3.05) is 20.3 Å². The molecule has 2 heterocycles. The summed E-state index contributed by atoms with van der Waals surface area (Å²) in [5.41, 5.74) is 3.14. The molecule has 0 bridgehead atoms. The average molecular weight is 344 g/mol. The number of nitrogens with zero attached hydrogens (tertiary/aromatic N) is 2. The summed E-state index contributed by atoms with van der Waals surface area (Å²) in [6.07, 6.45) is 0. The average Bonchev–Trinajstić information content (AvgIpc) is 2.97. The second kappa shape index (κ2) is 7.83. The van der Waals surface area contributed by atoms with Crippen LogP contribution in [0.5, 0.6) is 0 Å². The highest BCUT2D eigenvalue weighted by molar-refractivity contribution is 7.10. The second-order valence-corrected chi connectivity index (χ2v) is 6.87. The number of fused-ring (bicyclic) bond motifs is 1. The smallest absolute Gasteiger partial charge is 0.123 e. The van der Waals surface area contributed by atoms with Gasteiger partial charge < -0.3 is 4.74 Å². The molecule has 3 nitrogen and oxygen atoms in total. The summed E-state index contributed by atoms with van der Waals surface area (Å²) in [7, 11) is 1.72. The maximum atomic E-state index is 13.3. The van der Waals surface area contributed by atoms with Gasteiger partial charge in [-0.05, 0) is 48.2 Å². The van der Waals surface area contributed by atoms with E-state index in [-0.39, 0.29) is 5.82 Å². The molecular weight excluding hydrogens is 323 g/mol. The van der Waals surface area contributed by atoms with Crippen molar-refractivity contribution in [3.05, 3.63) is 63.7 Å². The molecule has 3 aromatic rings. The molecule has 0 saturated heterocycles. The molecule has 0 aliphatic heterocycles. The van der Waals surface area contributed by atoms with Gasteiger partial charge in [0.1, 0.15) is 5.82 Å². The Morgan fingerprint density at radius 2 is 2.04 bits per heavy atom. The van der Waals surface area contributed by atoms with Gasteiger partial charge in [-0.15, -0.1) is 11.3 Å². The Hall–Kier alpha value is -1.82. The first-order valence-electron chi connectivity index (χ1n) is 7.95. The lowest BCUT2D eigenvalue weighted by atomic mass is 10.2. The van der Waals surface area contributed by atoms with E-state index in [1.165, 1.54) is 22.6 Å². The zero-order chi connectivity index (χ0) is 16.9. The number of hydrogen-bond donors (Lipinski definition) is 0. The molecule has 0 saturated carbocycles. The van der Waals surface area contributed by atoms with Crippen molar-refractivity contribution in [1.29, 1.82) is 0 Å². The van der Waals surface area contributed by atoms with E-state index in [2.05, 4.69) is 28.3 Å². The third-order valence-electron chi connectivity index (χ3n) is 4.04. The Balaban J connectivity index is 1.78. The fourth-order valence-corrected chi connectivity index (χ4v) is 3.61. The fourth-order valence-electron chi connectivity index (χ4n) is 2.66.